The molecule has 0 heterocycles. The summed E-state index contributed by atoms with van der Waals surface area (Å²) >= 11 is 0. The number of aliphatic carboxylic acids is 1. The van der Waals surface area contributed by atoms with E-state index in [2.05, 4.69) is 26.0 Å². The highest BCUT2D eigenvalue weighted by Crippen LogP contribution is 2.17. The summed E-state index contributed by atoms with van der Waals surface area (Å²) in [6.07, 6.45) is 29.6. The molecular weight excluding hydrogens is 424 g/mol. The molecule has 0 spiro atoms. The molecule has 0 fully saturated rings. The molecule has 0 aliphatic carbocycles. The van der Waals surface area contributed by atoms with Crippen molar-refractivity contribution >= 4 is 11.9 Å². The first kappa shape index (κ1) is 32.7. The zero-order chi connectivity index (χ0) is 25.1. The third-order valence-electron chi connectivity index (χ3n) is 6.49. The van der Waals surface area contributed by atoms with Gasteiger partial charge in [0.25, 0.3) is 0 Å². The number of ether oxygens (including phenoxy) is 1. The van der Waals surface area contributed by atoms with E-state index >= 15 is 0 Å². The second-order valence-electron chi connectivity index (χ2n) is 9.94. The van der Waals surface area contributed by atoms with Gasteiger partial charge in [0.15, 0.2) is 0 Å². The highest BCUT2D eigenvalue weighted by atomic mass is 16.5. The molecule has 0 radical (unpaired) electrons. The lowest BCUT2D eigenvalue weighted by Crippen LogP contribution is -2.18. The Morgan fingerprint density at radius 1 is 0.618 bits per heavy atom. The van der Waals surface area contributed by atoms with Crippen LogP contribution in [-0.2, 0) is 14.3 Å². The van der Waals surface area contributed by atoms with Crippen molar-refractivity contribution in [2.75, 3.05) is 0 Å². The SMILES string of the molecule is CCCCCCCC/C=C\CCCCCCCC(=O)OC(CCCCC)CCCCCC(=O)O. The minimum absolute atomic E-state index is 0.00649. The van der Waals surface area contributed by atoms with Crippen LogP contribution in [0.4, 0.5) is 0 Å². The quantitative estimate of drug-likeness (QED) is 0.0760. The van der Waals surface area contributed by atoms with Gasteiger partial charge in [0, 0.05) is 12.8 Å². The lowest BCUT2D eigenvalue weighted by atomic mass is 10.0. The zero-order valence-electron chi connectivity index (χ0n) is 22.7. The third kappa shape index (κ3) is 25.3. The summed E-state index contributed by atoms with van der Waals surface area (Å²) < 4.78 is 5.78. The number of unbranched alkanes of at least 4 members (excludes halogenated alkanes) is 15. The molecule has 0 aromatic carbocycles. The van der Waals surface area contributed by atoms with Crippen molar-refractivity contribution in [2.45, 2.75) is 168 Å². The molecular formula is C30H56O4. The van der Waals surface area contributed by atoms with Gasteiger partial charge in [-0.3, -0.25) is 9.59 Å². The predicted octanol–water partition coefficient (Wildman–Crippen LogP) is 9.55. The largest absolute Gasteiger partial charge is 0.481 e. The van der Waals surface area contributed by atoms with Crippen LogP contribution in [0.15, 0.2) is 12.2 Å². The highest BCUT2D eigenvalue weighted by Gasteiger charge is 2.14. The number of hydrogen-bond donors (Lipinski definition) is 1. The summed E-state index contributed by atoms with van der Waals surface area (Å²) in [5.74, 6) is -0.782. The topological polar surface area (TPSA) is 63.6 Å². The van der Waals surface area contributed by atoms with Crippen LogP contribution in [0.2, 0.25) is 0 Å². The zero-order valence-corrected chi connectivity index (χ0v) is 22.7. The maximum Gasteiger partial charge on any atom is 0.306 e. The van der Waals surface area contributed by atoms with Gasteiger partial charge in [0.05, 0.1) is 0 Å². The van der Waals surface area contributed by atoms with Gasteiger partial charge in [-0.25, -0.2) is 0 Å². The van der Waals surface area contributed by atoms with E-state index in [1.807, 2.05) is 0 Å². The Morgan fingerprint density at radius 2 is 1.06 bits per heavy atom. The first-order valence-electron chi connectivity index (χ1n) is 14.7. The fraction of sp³-hybridized carbons (Fsp3) is 0.867. The third-order valence-corrected chi connectivity index (χ3v) is 6.49. The maximum atomic E-state index is 12.3. The van der Waals surface area contributed by atoms with Crippen molar-refractivity contribution in [3.8, 4) is 0 Å². The first-order chi connectivity index (χ1) is 16.6. The van der Waals surface area contributed by atoms with Gasteiger partial charge < -0.3 is 9.84 Å². The monoisotopic (exact) mass is 480 g/mol. The molecule has 0 rings (SSSR count). The molecule has 0 aromatic rings. The molecule has 1 N–H and O–H groups in total. The maximum absolute atomic E-state index is 12.3. The van der Waals surface area contributed by atoms with Crippen molar-refractivity contribution in [3.05, 3.63) is 12.2 Å². The molecule has 0 bridgehead atoms. The van der Waals surface area contributed by atoms with E-state index in [1.54, 1.807) is 0 Å². The Bertz CT molecular complexity index is 486. The van der Waals surface area contributed by atoms with Crippen molar-refractivity contribution in [2.24, 2.45) is 0 Å². The number of rotatable bonds is 26. The Morgan fingerprint density at radius 3 is 1.65 bits per heavy atom. The fourth-order valence-electron chi connectivity index (χ4n) is 4.29. The molecule has 34 heavy (non-hydrogen) atoms. The number of hydrogen-bond acceptors (Lipinski definition) is 3. The Hall–Kier alpha value is -1.32. The van der Waals surface area contributed by atoms with Crippen LogP contribution in [0.5, 0.6) is 0 Å². The van der Waals surface area contributed by atoms with Gasteiger partial charge in [0.1, 0.15) is 6.10 Å². The average molecular weight is 481 g/mol. The van der Waals surface area contributed by atoms with Crippen LogP contribution in [-0.4, -0.2) is 23.1 Å². The van der Waals surface area contributed by atoms with Gasteiger partial charge >= 0.3 is 11.9 Å². The predicted molar refractivity (Wildman–Crippen MR) is 144 cm³/mol. The molecule has 4 heteroatoms. The Labute approximate surface area is 211 Å². The fourth-order valence-corrected chi connectivity index (χ4v) is 4.29. The standard InChI is InChI=1S/C30H56O4/c1-3-5-7-8-9-10-11-12-13-14-15-16-17-18-23-27-30(33)34-28(24-20-6-4-2)25-21-19-22-26-29(31)32/h12-13,28H,3-11,14-27H2,1-2H3,(H,31,32)/b13-12-. The van der Waals surface area contributed by atoms with Gasteiger partial charge in [-0.1, -0.05) is 96.6 Å². The summed E-state index contributed by atoms with van der Waals surface area (Å²) in [4.78, 5) is 22.9. The van der Waals surface area contributed by atoms with E-state index in [-0.39, 0.29) is 18.5 Å². The van der Waals surface area contributed by atoms with Crippen molar-refractivity contribution in [1.82, 2.24) is 0 Å². The number of carbonyl (C=O) groups is 2. The lowest BCUT2D eigenvalue weighted by Gasteiger charge is -2.18. The van der Waals surface area contributed by atoms with Crippen LogP contribution in [0.3, 0.4) is 0 Å². The van der Waals surface area contributed by atoms with Crippen molar-refractivity contribution in [1.29, 1.82) is 0 Å². The molecule has 0 aliphatic rings. The van der Waals surface area contributed by atoms with E-state index in [9.17, 15) is 9.59 Å². The van der Waals surface area contributed by atoms with E-state index in [0.29, 0.717) is 12.8 Å². The molecule has 1 atom stereocenters. The van der Waals surface area contributed by atoms with Crippen LogP contribution in [0, 0.1) is 0 Å². The molecule has 1 unspecified atom stereocenters. The van der Waals surface area contributed by atoms with Crippen LogP contribution < -0.4 is 0 Å². The van der Waals surface area contributed by atoms with E-state index in [4.69, 9.17) is 9.84 Å². The summed E-state index contributed by atoms with van der Waals surface area (Å²) in [5, 5.41) is 8.74. The minimum Gasteiger partial charge on any atom is -0.481 e. The molecule has 0 aliphatic heterocycles. The molecule has 0 amide bonds. The van der Waals surface area contributed by atoms with Gasteiger partial charge in [-0.05, 0) is 64.2 Å². The van der Waals surface area contributed by atoms with Gasteiger partial charge in [-0.2, -0.15) is 0 Å². The number of carbonyl (C=O) groups excluding carboxylic acids is 1. The normalized spacial score (nSPS) is 12.3. The second kappa shape index (κ2) is 26.3. The number of esters is 1. The summed E-state index contributed by atoms with van der Waals surface area (Å²) in [7, 11) is 0. The Balaban J connectivity index is 3.73. The van der Waals surface area contributed by atoms with Gasteiger partial charge in [-0.15, -0.1) is 0 Å². The smallest absolute Gasteiger partial charge is 0.306 e. The summed E-state index contributed by atoms with van der Waals surface area (Å²) in [6.45, 7) is 4.44. The van der Waals surface area contributed by atoms with Crippen LogP contribution in [0.25, 0.3) is 0 Å². The molecule has 0 saturated heterocycles. The van der Waals surface area contributed by atoms with E-state index < -0.39 is 5.97 Å². The average Bonchev–Trinajstić information content (AvgIpc) is 2.81. The van der Waals surface area contributed by atoms with Crippen LogP contribution >= 0.6 is 0 Å². The minimum atomic E-state index is -0.731. The molecule has 0 aromatic heterocycles. The van der Waals surface area contributed by atoms with E-state index in [1.165, 1.54) is 77.0 Å². The molecule has 200 valence electrons. The van der Waals surface area contributed by atoms with Crippen molar-refractivity contribution in [3.63, 3.8) is 0 Å². The highest BCUT2D eigenvalue weighted by molar-refractivity contribution is 5.69. The molecule has 0 saturated carbocycles. The van der Waals surface area contributed by atoms with Crippen molar-refractivity contribution < 1.29 is 19.4 Å². The Kier molecular flexibility index (Phi) is 25.3. The number of carboxylic acids is 1. The summed E-state index contributed by atoms with van der Waals surface area (Å²) in [6, 6.07) is 0. The van der Waals surface area contributed by atoms with E-state index in [0.717, 1.165) is 51.4 Å². The lowest BCUT2D eigenvalue weighted by molar-refractivity contribution is -0.150. The second-order valence-corrected chi connectivity index (χ2v) is 9.94. The summed E-state index contributed by atoms with van der Waals surface area (Å²) in [5.41, 5.74) is 0. The molecule has 4 nitrogen and oxygen atoms in total. The van der Waals surface area contributed by atoms with Gasteiger partial charge in [0.2, 0.25) is 0 Å². The number of allylic oxidation sites excluding steroid dienone is 2. The number of carboxylic acid groups (broad SMARTS) is 1. The first-order valence-corrected chi connectivity index (χ1v) is 14.7. The van der Waals surface area contributed by atoms with Crippen LogP contribution in [0.1, 0.15) is 162 Å².